The van der Waals surface area contributed by atoms with Crippen LogP contribution in [0.15, 0.2) is 36.7 Å². The minimum atomic E-state index is -3.12. The smallest absolute Gasteiger partial charge is 0.387 e. The highest BCUT2D eigenvalue weighted by molar-refractivity contribution is 5.96. The second kappa shape index (κ2) is 8.41. The third kappa shape index (κ3) is 4.10. The first-order valence-corrected chi connectivity index (χ1v) is 7.78. The van der Waals surface area contributed by atoms with Crippen molar-refractivity contribution in [3.63, 3.8) is 0 Å². The van der Waals surface area contributed by atoms with Gasteiger partial charge >= 0.3 is 6.61 Å². The maximum Gasteiger partial charge on any atom is 0.387 e. The molecule has 1 amide bonds. The lowest BCUT2D eigenvalue weighted by atomic mass is 9.87. The van der Waals surface area contributed by atoms with Crippen LogP contribution in [0.3, 0.4) is 0 Å². The third-order valence-electron chi connectivity index (χ3n) is 4.20. The molecule has 2 N–H and O–H groups in total. The minimum absolute atomic E-state index is 0. The van der Waals surface area contributed by atoms with Crippen LogP contribution in [-0.4, -0.2) is 35.4 Å². The molecule has 142 valence electrons. The maximum absolute atomic E-state index is 13.8. The van der Waals surface area contributed by atoms with Crippen molar-refractivity contribution < 1.29 is 22.7 Å². The molecule has 0 unspecified atom stereocenters. The number of benzene rings is 1. The zero-order chi connectivity index (χ0) is 17.9. The number of nitrogens with one attached hydrogen (secondary N) is 2. The lowest BCUT2D eigenvalue weighted by molar-refractivity contribution is -0.126. The van der Waals surface area contributed by atoms with E-state index in [2.05, 4.69) is 20.5 Å². The molecule has 1 fully saturated rings. The molecule has 0 saturated carbocycles. The van der Waals surface area contributed by atoms with Crippen LogP contribution in [-0.2, 0) is 10.3 Å². The van der Waals surface area contributed by atoms with Crippen molar-refractivity contribution in [2.24, 2.45) is 0 Å². The number of aromatic nitrogens is 2. The Labute approximate surface area is 154 Å². The summed E-state index contributed by atoms with van der Waals surface area (Å²) in [6, 6.07) is 5.05. The maximum atomic E-state index is 13.8. The van der Waals surface area contributed by atoms with Gasteiger partial charge in [0.1, 0.15) is 5.54 Å². The summed E-state index contributed by atoms with van der Waals surface area (Å²) in [5.74, 6) is -1.88. The molecule has 0 bridgehead atoms. The topological polar surface area (TPSA) is 68.2 Å². The van der Waals surface area contributed by atoms with E-state index in [1.165, 1.54) is 6.07 Å². The van der Waals surface area contributed by atoms with E-state index in [4.69, 9.17) is 0 Å². The van der Waals surface area contributed by atoms with Crippen molar-refractivity contribution >= 4 is 24.0 Å². The van der Waals surface area contributed by atoms with Gasteiger partial charge in [-0.15, -0.1) is 12.4 Å². The van der Waals surface area contributed by atoms with Crippen molar-refractivity contribution in [3.8, 4) is 5.75 Å². The van der Waals surface area contributed by atoms with Crippen molar-refractivity contribution in [1.82, 2.24) is 15.1 Å². The molecule has 1 aliphatic heterocycles. The normalized spacial score (nSPS) is 16.0. The van der Waals surface area contributed by atoms with Crippen LogP contribution in [0.2, 0.25) is 0 Å². The quantitative estimate of drug-likeness (QED) is 0.823. The Bertz CT molecular complexity index is 737. The molecule has 10 heteroatoms. The van der Waals surface area contributed by atoms with Crippen LogP contribution in [0.5, 0.6) is 5.75 Å². The van der Waals surface area contributed by atoms with Crippen LogP contribution in [0.4, 0.5) is 18.9 Å². The van der Waals surface area contributed by atoms with Crippen molar-refractivity contribution in [2.45, 2.75) is 25.0 Å². The summed E-state index contributed by atoms with van der Waals surface area (Å²) in [7, 11) is 0. The Hall–Kier alpha value is -2.26. The Balaban J connectivity index is 0.00000243. The number of anilines is 1. The molecular formula is C16H18ClF3N4O2. The van der Waals surface area contributed by atoms with Crippen molar-refractivity contribution in [2.75, 3.05) is 18.4 Å². The fraction of sp³-hybridized carbons (Fsp3) is 0.375. The number of nitrogens with zero attached hydrogens (tertiary/aromatic N) is 2. The lowest BCUT2D eigenvalue weighted by Gasteiger charge is -2.36. The largest absolute Gasteiger partial charge is 0.432 e. The van der Waals surface area contributed by atoms with Gasteiger partial charge in [-0.3, -0.25) is 9.48 Å². The molecule has 0 aliphatic carbocycles. The number of amides is 1. The second-order valence-electron chi connectivity index (χ2n) is 5.71. The van der Waals surface area contributed by atoms with Crippen LogP contribution in [0, 0.1) is 5.82 Å². The monoisotopic (exact) mass is 390 g/mol. The first kappa shape index (κ1) is 20.1. The number of carbonyl (C=O) groups is 1. The number of carbonyl (C=O) groups excluding carboxylic acids is 1. The van der Waals surface area contributed by atoms with Gasteiger partial charge in [0.25, 0.3) is 5.91 Å². The van der Waals surface area contributed by atoms with Crippen LogP contribution >= 0.6 is 12.4 Å². The van der Waals surface area contributed by atoms with Crippen LogP contribution < -0.4 is 15.4 Å². The van der Waals surface area contributed by atoms with Gasteiger partial charge < -0.3 is 15.4 Å². The van der Waals surface area contributed by atoms with Gasteiger partial charge in [0.15, 0.2) is 11.6 Å². The molecule has 0 atom stereocenters. The van der Waals surface area contributed by atoms with Gasteiger partial charge in [0.05, 0.1) is 0 Å². The van der Waals surface area contributed by atoms with Crippen molar-refractivity contribution in [1.29, 1.82) is 0 Å². The first-order valence-electron chi connectivity index (χ1n) is 7.78. The Morgan fingerprint density at radius 3 is 2.65 bits per heavy atom. The predicted octanol–water partition coefficient (Wildman–Crippen LogP) is 2.76. The van der Waals surface area contributed by atoms with E-state index < -0.39 is 23.7 Å². The number of ether oxygens (including phenoxy) is 1. The van der Waals surface area contributed by atoms with Gasteiger partial charge in [-0.2, -0.15) is 13.9 Å². The summed E-state index contributed by atoms with van der Waals surface area (Å²) in [5, 5.41) is 10.0. The van der Waals surface area contributed by atoms with E-state index in [-0.39, 0.29) is 24.0 Å². The second-order valence-corrected chi connectivity index (χ2v) is 5.71. The molecule has 0 spiro atoms. The highest BCUT2D eigenvalue weighted by Crippen LogP contribution is 2.30. The number of rotatable bonds is 5. The Morgan fingerprint density at radius 1 is 1.35 bits per heavy atom. The van der Waals surface area contributed by atoms with Gasteiger partial charge in [0, 0.05) is 24.1 Å². The van der Waals surface area contributed by atoms with E-state index in [0.29, 0.717) is 25.9 Å². The molecule has 1 aliphatic rings. The number of hydrogen-bond acceptors (Lipinski definition) is 4. The zero-order valence-electron chi connectivity index (χ0n) is 13.6. The summed E-state index contributed by atoms with van der Waals surface area (Å²) in [4.78, 5) is 12.9. The van der Waals surface area contributed by atoms with Crippen LogP contribution in [0.1, 0.15) is 12.8 Å². The molecule has 1 saturated heterocycles. The Kier molecular flexibility index (Phi) is 6.49. The van der Waals surface area contributed by atoms with Crippen LogP contribution in [0.25, 0.3) is 0 Å². The zero-order valence-corrected chi connectivity index (χ0v) is 14.4. The molecule has 3 rings (SSSR count). The third-order valence-corrected chi connectivity index (χ3v) is 4.20. The first-order chi connectivity index (χ1) is 12.0. The van der Waals surface area contributed by atoms with E-state index in [1.807, 2.05) is 0 Å². The summed E-state index contributed by atoms with van der Waals surface area (Å²) in [6.45, 7) is -1.83. The number of halogens is 4. The molecule has 2 heterocycles. The SMILES string of the molecule is Cl.O=C(Nc1ccc(OC(F)F)c(F)c1)C1(n2cccn2)CCNCC1. The standard InChI is InChI=1S/C16H17F3N4O2.ClH/c17-12-10-11(2-3-13(12)25-15(18)19)22-14(24)16(4-7-20-8-5-16)23-9-1-6-21-23;/h1-3,6,9-10,15,20H,4-5,7-8H2,(H,22,24);1H. The van der Waals surface area contributed by atoms with Gasteiger partial charge in [-0.25, -0.2) is 4.39 Å². The van der Waals surface area contributed by atoms with Gasteiger partial charge in [-0.05, 0) is 44.1 Å². The summed E-state index contributed by atoms with van der Waals surface area (Å²) in [5.41, 5.74) is -0.724. The molecule has 1 aromatic carbocycles. The predicted molar refractivity (Wildman–Crippen MR) is 91.2 cm³/mol. The number of piperidine rings is 1. The van der Waals surface area contributed by atoms with E-state index >= 15 is 0 Å². The van der Waals surface area contributed by atoms with Gasteiger partial charge in [-0.1, -0.05) is 0 Å². The fourth-order valence-electron chi connectivity index (χ4n) is 2.94. The number of alkyl halides is 2. The average Bonchev–Trinajstić information content (AvgIpc) is 3.12. The lowest BCUT2D eigenvalue weighted by Crippen LogP contribution is -2.52. The van der Waals surface area contributed by atoms with Gasteiger partial charge in [0.2, 0.25) is 0 Å². The molecule has 2 aromatic rings. The molecule has 0 radical (unpaired) electrons. The molecule has 6 nitrogen and oxygen atoms in total. The average molecular weight is 391 g/mol. The van der Waals surface area contributed by atoms with E-state index in [9.17, 15) is 18.0 Å². The number of hydrogen-bond donors (Lipinski definition) is 2. The fourth-order valence-corrected chi connectivity index (χ4v) is 2.94. The van der Waals surface area contributed by atoms with Crippen molar-refractivity contribution in [3.05, 3.63) is 42.5 Å². The van der Waals surface area contributed by atoms with E-state index in [1.54, 1.807) is 23.1 Å². The highest BCUT2D eigenvalue weighted by atomic mass is 35.5. The molecule has 1 aromatic heterocycles. The summed E-state index contributed by atoms with van der Waals surface area (Å²) in [6.07, 6.45) is 4.35. The molecule has 26 heavy (non-hydrogen) atoms. The summed E-state index contributed by atoms with van der Waals surface area (Å²) < 4.78 is 43.9. The highest BCUT2D eigenvalue weighted by Gasteiger charge is 2.42. The molecular weight excluding hydrogens is 373 g/mol. The Morgan fingerprint density at radius 2 is 2.08 bits per heavy atom. The summed E-state index contributed by atoms with van der Waals surface area (Å²) >= 11 is 0. The van der Waals surface area contributed by atoms with E-state index in [0.717, 1.165) is 12.1 Å². The minimum Gasteiger partial charge on any atom is -0.432 e.